The molecule has 3 rings (SSSR count). The molecule has 2 aliphatic carbocycles. The molecular formula is C17H31NO2S. The normalized spacial score (nSPS) is 37.6. The van der Waals surface area contributed by atoms with Crippen LogP contribution in [-0.4, -0.2) is 32.0 Å². The van der Waals surface area contributed by atoms with E-state index in [1.54, 1.807) is 0 Å². The first-order valence-electron chi connectivity index (χ1n) is 9.12. The third kappa shape index (κ3) is 3.82. The van der Waals surface area contributed by atoms with Gasteiger partial charge in [0.1, 0.15) is 0 Å². The van der Waals surface area contributed by atoms with Crippen LogP contribution < -0.4 is 5.32 Å². The van der Waals surface area contributed by atoms with E-state index >= 15 is 0 Å². The van der Waals surface area contributed by atoms with Gasteiger partial charge in [0.2, 0.25) is 0 Å². The van der Waals surface area contributed by atoms with E-state index in [2.05, 4.69) is 5.32 Å². The van der Waals surface area contributed by atoms with Gasteiger partial charge in [-0.2, -0.15) is 0 Å². The second kappa shape index (κ2) is 6.99. The molecule has 122 valence electrons. The molecule has 3 aliphatic rings. The van der Waals surface area contributed by atoms with Crippen molar-refractivity contribution >= 4 is 9.84 Å². The van der Waals surface area contributed by atoms with Gasteiger partial charge in [-0.1, -0.05) is 44.9 Å². The van der Waals surface area contributed by atoms with Gasteiger partial charge in [0.25, 0.3) is 0 Å². The molecule has 0 aromatic rings. The second-order valence-electron chi connectivity index (χ2n) is 7.49. The van der Waals surface area contributed by atoms with Gasteiger partial charge in [-0.3, -0.25) is 0 Å². The summed E-state index contributed by atoms with van der Waals surface area (Å²) in [7, 11) is -2.79. The van der Waals surface area contributed by atoms with E-state index in [-0.39, 0.29) is 5.25 Å². The largest absolute Gasteiger partial charge is 0.312 e. The second-order valence-corrected chi connectivity index (χ2v) is 9.89. The Morgan fingerprint density at radius 1 is 0.810 bits per heavy atom. The number of sulfone groups is 1. The van der Waals surface area contributed by atoms with Gasteiger partial charge >= 0.3 is 0 Å². The van der Waals surface area contributed by atoms with Crippen molar-refractivity contribution in [3.8, 4) is 0 Å². The molecular weight excluding hydrogens is 282 g/mol. The lowest BCUT2D eigenvalue weighted by Gasteiger charge is -2.40. The molecule has 3 nitrogen and oxygen atoms in total. The Hall–Kier alpha value is -0.0900. The van der Waals surface area contributed by atoms with Crippen LogP contribution in [0.4, 0.5) is 0 Å². The summed E-state index contributed by atoms with van der Waals surface area (Å²) < 4.78 is 24.0. The summed E-state index contributed by atoms with van der Waals surface area (Å²) >= 11 is 0. The summed E-state index contributed by atoms with van der Waals surface area (Å²) in [5, 5.41) is 3.58. The standard InChI is InChI=1S/C17H31NO2S/c19-21(20)12-6-9-15(21)13-18-17-11-5-4-10-16(17)14-7-2-1-3-8-14/h14-18H,1-13H2. The van der Waals surface area contributed by atoms with Crippen LogP contribution in [0.3, 0.4) is 0 Å². The molecule has 0 aromatic heterocycles. The molecule has 1 saturated heterocycles. The lowest BCUT2D eigenvalue weighted by atomic mass is 9.71. The number of rotatable bonds is 4. The Morgan fingerprint density at radius 2 is 1.52 bits per heavy atom. The van der Waals surface area contributed by atoms with Crippen LogP contribution in [0.25, 0.3) is 0 Å². The van der Waals surface area contributed by atoms with Gasteiger partial charge in [0.05, 0.1) is 11.0 Å². The summed E-state index contributed by atoms with van der Waals surface area (Å²) in [6.45, 7) is 0.705. The first-order valence-corrected chi connectivity index (χ1v) is 10.8. The van der Waals surface area contributed by atoms with E-state index in [1.807, 2.05) is 0 Å². The molecule has 3 unspecified atom stereocenters. The van der Waals surface area contributed by atoms with Crippen LogP contribution in [0.1, 0.15) is 70.6 Å². The third-order valence-corrected chi connectivity index (χ3v) is 8.42. The van der Waals surface area contributed by atoms with Gasteiger partial charge in [0, 0.05) is 12.6 Å². The maximum absolute atomic E-state index is 12.0. The quantitative estimate of drug-likeness (QED) is 0.866. The van der Waals surface area contributed by atoms with Gasteiger partial charge in [-0.25, -0.2) is 8.42 Å². The van der Waals surface area contributed by atoms with E-state index in [4.69, 9.17) is 0 Å². The highest BCUT2D eigenvalue weighted by atomic mass is 32.2. The molecule has 21 heavy (non-hydrogen) atoms. The van der Waals surface area contributed by atoms with Gasteiger partial charge in [-0.05, 0) is 37.5 Å². The lowest BCUT2D eigenvalue weighted by molar-refractivity contribution is 0.150. The van der Waals surface area contributed by atoms with Crippen LogP contribution in [0.2, 0.25) is 0 Å². The van der Waals surface area contributed by atoms with Crippen LogP contribution in [-0.2, 0) is 9.84 Å². The van der Waals surface area contributed by atoms with Crippen LogP contribution >= 0.6 is 0 Å². The van der Waals surface area contributed by atoms with E-state index in [0.717, 1.165) is 24.7 Å². The van der Waals surface area contributed by atoms with E-state index in [1.165, 1.54) is 57.8 Å². The Balaban J connectivity index is 1.56. The minimum Gasteiger partial charge on any atom is -0.312 e. The fraction of sp³-hybridized carbons (Fsp3) is 1.00. The molecule has 4 heteroatoms. The van der Waals surface area contributed by atoms with Crippen molar-refractivity contribution in [1.82, 2.24) is 5.32 Å². The molecule has 0 radical (unpaired) electrons. The first kappa shape index (κ1) is 15.8. The minimum atomic E-state index is -2.79. The fourth-order valence-electron chi connectivity index (χ4n) is 4.91. The van der Waals surface area contributed by atoms with E-state index in [9.17, 15) is 8.42 Å². The van der Waals surface area contributed by atoms with Crippen molar-refractivity contribution in [1.29, 1.82) is 0 Å². The molecule has 3 fully saturated rings. The topological polar surface area (TPSA) is 46.2 Å². The zero-order valence-corrected chi connectivity index (χ0v) is 14.0. The van der Waals surface area contributed by atoms with E-state index in [0.29, 0.717) is 18.3 Å². The predicted molar refractivity (Wildman–Crippen MR) is 87.1 cm³/mol. The highest BCUT2D eigenvalue weighted by molar-refractivity contribution is 7.92. The predicted octanol–water partition coefficient (Wildman–Crippen LogP) is 3.29. The van der Waals surface area contributed by atoms with Crippen molar-refractivity contribution in [2.75, 3.05) is 12.3 Å². The summed E-state index contributed by atoms with van der Waals surface area (Å²) in [5.41, 5.74) is 0. The molecule has 0 aromatic carbocycles. The average molecular weight is 314 g/mol. The van der Waals surface area contributed by atoms with Crippen molar-refractivity contribution in [2.24, 2.45) is 11.8 Å². The zero-order chi connectivity index (χ0) is 14.7. The third-order valence-electron chi connectivity index (χ3n) is 6.15. The molecule has 2 saturated carbocycles. The fourth-order valence-corrected chi connectivity index (χ4v) is 6.69. The van der Waals surface area contributed by atoms with Crippen molar-refractivity contribution in [3.63, 3.8) is 0 Å². The molecule has 1 heterocycles. The summed E-state index contributed by atoms with van der Waals surface area (Å²) in [5.74, 6) is 2.12. The summed E-state index contributed by atoms with van der Waals surface area (Å²) in [6.07, 6.45) is 14.1. The average Bonchev–Trinajstić information content (AvgIpc) is 2.85. The number of hydrogen-bond donors (Lipinski definition) is 1. The molecule has 0 spiro atoms. The number of nitrogens with one attached hydrogen (secondary N) is 1. The van der Waals surface area contributed by atoms with Gasteiger partial charge in [0.15, 0.2) is 9.84 Å². The summed E-state index contributed by atoms with van der Waals surface area (Å²) in [4.78, 5) is 0. The Kier molecular flexibility index (Phi) is 5.26. The molecule has 1 aliphatic heterocycles. The van der Waals surface area contributed by atoms with Crippen molar-refractivity contribution < 1.29 is 8.42 Å². The molecule has 0 amide bonds. The Morgan fingerprint density at radius 3 is 2.24 bits per heavy atom. The highest BCUT2D eigenvalue weighted by Gasteiger charge is 2.35. The van der Waals surface area contributed by atoms with Crippen LogP contribution in [0.15, 0.2) is 0 Å². The SMILES string of the molecule is O=S1(=O)CCCC1CNC1CCCCC1C1CCCCC1. The smallest absolute Gasteiger partial charge is 0.154 e. The molecule has 3 atom stereocenters. The van der Waals surface area contributed by atoms with Crippen molar-refractivity contribution in [2.45, 2.75) is 81.9 Å². The lowest BCUT2D eigenvalue weighted by Crippen LogP contribution is -2.45. The van der Waals surface area contributed by atoms with Crippen LogP contribution in [0.5, 0.6) is 0 Å². The Bertz CT molecular complexity index is 428. The first-order chi connectivity index (χ1) is 10.2. The maximum Gasteiger partial charge on any atom is 0.154 e. The van der Waals surface area contributed by atoms with E-state index < -0.39 is 9.84 Å². The maximum atomic E-state index is 12.0. The van der Waals surface area contributed by atoms with Crippen LogP contribution in [0, 0.1) is 11.8 Å². The van der Waals surface area contributed by atoms with Crippen molar-refractivity contribution in [3.05, 3.63) is 0 Å². The zero-order valence-electron chi connectivity index (χ0n) is 13.2. The number of hydrogen-bond acceptors (Lipinski definition) is 3. The monoisotopic (exact) mass is 313 g/mol. The highest BCUT2D eigenvalue weighted by Crippen LogP contribution is 2.38. The van der Waals surface area contributed by atoms with Gasteiger partial charge in [-0.15, -0.1) is 0 Å². The minimum absolute atomic E-state index is 0.105. The Labute approximate surface area is 130 Å². The van der Waals surface area contributed by atoms with Gasteiger partial charge < -0.3 is 5.32 Å². The molecule has 1 N–H and O–H groups in total. The molecule has 0 bridgehead atoms. The summed E-state index contributed by atoms with van der Waals surface area (Å²) in [6, 6.07) is 0.581.